The predicted molar refractivity (Wildman–Crippen MR) is 130 cm³/mol. The van der Waals surface area contributed by atoms with Crippen molar-refractivity contribution in [2.45, 2.75) is 32.2 Å². The number of rotatable bonds is 4. The predicted octanol–water partition coefficient (Wildman–Crippen LogP) is 4.29. The third-order valence-corrected chi connectivity index (χ3v) is 7.35. The van der Waals surface area contributed by atoms with Gasteiger partial charge in [-0.1, -0.05) is 48.5 Å². The van der Waals surface area contributed by atoms with E-state index in [-0.39, 0.29) is 18.1 Å². The lowest BCUT2D eigenvalue weighted by molar-refractivity contribution is -0.116. The van der Waals surface area contributed by atoms with Crippen LogP contribution < -0.4 is 11.0 Å². The van der Waals surface area contributed by atoms with Gasteiger partial charge in [-0.25, -0.2) is 9.78 Å². The van der Waals surface area contributed by atoms with Crippen molar-refractivity contribution in [3.8, 4) is 11.4 Å². The highest BCUT2D eigenvalue weighted by atomic mass is 32.1. The van der Waals surface area contributed by atoms with E-state index in [0.717, 1.165) is 41.5 Å². The summed E-state index contributed by atoms with van der Waals surface area (Å²) in [5, 5.41) is 8.40. The number of amides is 1. The first-order valence-corrected chi connectivity index (χ1v) is 11.8. The van der Waals surface area contributed by atoms with Gasteiger partial charge in [-0.05, 0) is 43.4 Å². The lowest BCUT2D eigenvalue weighted by atomic mass is 9.97. The zero-order valence-corrected chi connectivity index (χ0v) is 18.6. The Balaban J connectivity index is 1.53. The molecule has 0 saturated heterocycles. The molecule has 33 heavy (non-hydrogen) atoms. The molecule has 0 bridgehead atoms. The van der Waals surface area contributed by atoms with Crippen LogP contribution in [0.3, 0.4) is 0 Å². The number of hydrogen-bond acceptors (Lipinski definition) is 5. The quantitative estimate of drug-likeness (QED) is 0.438. The molecule has 1 amide bonds. The maximum Gasteiger partial charge on any atom is 0.352 e. The van der Waals surface area contributed by atoms with Crippen molar-refractivity contribution >= 4 is 38.8 Å². The Morgan fingerprint density at radius 2 is 1.73 bits per heavy atom. The summed E-state index contributed by atoms with van der Waals surface area (Å²) >= 11 is 1.61. The fraction of sp³-hybridized carbons (Fsp3) is 0.200. The van der Waals surface area contributed by atoms with Gasteiger partial charge in [-0.15, -0.1) is 16.4 Å². The molecule has 0 aliphatic heterocycles. The Labute approximate surface area is 193 Å². The van der Waals surface area contributed by atoms with Gasteiger partial charge in [0.1, 0.15) is 11.4 Å². The van der Waals surface area contributed by atoms with Crippen LogP contribution in [0.15, 0.2) is 65.5 Å². The van der Waals surface area contributed by atoms with E-state index in [9.17, 15) is 9.59 Å². The molecule has 8 heteroatoms. The van der Waals surface area contributed by atoms with E-state index in [2.05, 4.69) is 10.4 Å². The van der Waals surface area contributed by atoms with Crippen molar-refractivity contribution < 1.29 is 4.79 Å². The second-order valence-corrected chi connectivity index (χ2v) is 9.29. The number of carbonyl (C=O) groups is 1. The number of aromatic nitrogens is 4. The first kappa shape index (κ1) is 19.9. The van der Waals surface area contributed by atoms with Crippen LogP contribution in [0.2, 0.25) is 0 Å². The van der Waals surface area contributed by atoms with E-state index in [0.29, 0.717) is 17.2 Å². The van der Waals surface area contributed by atoms with Gasteiger partial charge in [0.15, 0.2) is 11.5 Å². The van der Waals surface area contributed by atoms with Crippen LogP contribution in [0.4, 0.5) is 5.69 Å². The smallest absolute Gasteiger partial charge is 0.325 e. The minimum Gasteiger partial charge on any atom is -0.325 e. The molecule has 3 heterocycles. The number of benzene rings is 2. The molecule has 0 spiro atoms. The fourth-order valence-electron chi connectivity index (χ4n) is 4.50. The standard InChI is InChI=1S/C25H21N5O2S/c31-20(26-17-11-5-2-6-12-17)15-29-24-21(18-13-7-8-14-19(18)33-24)23-27-22(28-30(23)25(29)32)16-9-3-1-4-10-16/h1-6,9-12H,7-8,13-15H2,(H,26,31). The first-order chi connectivity index (χ1) is 16.2. The molecule has 7 nitrogen and oxygen atoms in total. The zero-order chi connectivity index (χ0) is 22.4. The van der Waals surface area contributed by atoms with Gasteiger partial charge in [0.25, 0.3) is 0 Å². The number of carbonyl (C=O) groups excluding carboxylic acids is 1. The van der Waals surface area contributed by atoms with E-state index in [4.69, 9.17) is 4.98 Å². The van der Waals surface area contributed by atoms with Gasteiger partial charge in [-0.3, -0.25) is 9.36 Å². The average Bonchev–Trinajstić information content (AvgIpc) is 3.45. The third-order valence-electron chi connectivity index (χ3n) is 6.03. The molecule has 2 aromatic carbocycles. The summed E-state index contributed by atoms with van der Waals surface area (Å²) < 4.78 is 2.91. The number of hydrogen-bond donors (Lipinski definition) is 1. The molecule has 5 aromatic rings. The molecule has 0 atom stereocenters. The Hall–Kier alpha value is -3.78. The summed E-state index contributed by atoms with van der Waals surface area (Å²) in [6.45, 7) is -0.0832. The number of fused-ring (bicyclic) bond motifs is 5. The molecule has 164 valence electrons. The molecule has 6 rings (SSSR count). The normalized spacial score (nSPS) is 13.3. The Bertz CT molecular complexity index is 1550. The number of nitrogens with one attached hydrogen (secondary N) is 1. The van der Waals surface area contributed by atoms with Crippen LogP contribution in [-0.4, -0.2) is 25.1 Å². The largest absolute Gasteiger partial charge is 0.352 e. The lowest BCUT2D eigenvalue weighted by Crippen LogP contribution is -2.32. The summed E-state index contributed by atoms with van der Waals surface area (Å²) in [5.41, 5.74) is 3.02. The first-order valence-electron chi connectivity index (χ1n) is 11.0. The number of thiophene rings is 1. The SMILES string of the molecule is O=C(Cn1c(=O)n2nc(-c3ccccc3)nc2c2c3c(sc21)CCCC3)Nc1ccccc1. The Kier molecular flexibility index (Phi) is 4.80. The van der Waals surface area contributed by atoms with Crippen LogP contribution in [0, 0.1) is 0 Å². The summed E-state index contributed by atoms with van der Waals surface area (Å²) in [6, 6.07) is 18.9. The van der Waals surface area contributed by atoms with Crippen molar-refractivity contribution in [3.05, 3.63) is 81.6 Å². The number of nitrogens with zero attached hydrogens (tertiary/aromatic N) is 4. The molecule has 0 fully saturated rings. The average molecular weight is 456 g/mol. The van der Waals surface area contributed by atoms with E-state index < -0.39 is 0 Å². The van der Waals surface area contributed by atoms with Crippen molar-refractivity contribution in [1.82, 2.24) is 19.2 Å². The Morgan fingerprint density at radius 3 is 2.52 bits per heavy atom. The third kappa shape index (κ3) is 3.43. The number of para-hydroxylation sites is 1. The molecule has 1 N–H and O–H groups in total. The lowest BCUT2D eigenvalue weighted by Gasteiger charge is -2.11. The van der Waals surface area contributed by atoms with Crippen LogP contribution in [0.1, 0.15) is 23.3 Å². The van der Waals surface area contributed by atoms with Gasteiger partial charge in [0.2, 0.25) is 5.91 Å². The highest BCUT2D eigenvalue weighted by Gasteiger charge is 2.25. The fourth-order valence-corrected chi connectivity index (χ4v) is 5.87. The van der Waals surface area contributed by atoms with Crippen LogP contribution in [-0.2, 0) is 24.2 Å². The van der Waals surface area contributed by atoms with E-state index >= 15 is 0 Å². The maximum absolute atomic E-state index is 13.5. The van der Waals surface area contributed by atoms with Crippen LogP contribution in [0.5, 0.6) is 0 Å². The molecule has 3 aromatic heterocycles. The van der Waals surface area contributed by atoms with Crippen molar-refractivity contribution in [2.75, 3.05) is 5.32 Å². The van der Waals surface area contributed by atoms with Gasteiger partial charge in [0.05, 0.1) is 5.39 Å². The van der Waals surface area contributed by atoms with Crippen LogP contribution >= 0.6 is 11.3 Å². The van der Waals surface area contributed by atoms with E-state index in [1.807, 2.05) is 60.7 Å². The molecular formula is C25H21N5O2S. The summed E-state index contributed by atoms with van der Waals surface area (Å²) in [6.07, 6.45) is 4.19. The van der Waals surface area contributed by atoms with Gasteiger partial charge >= 0.3 is 5.69 Å². The second kappa shape index (κ2) is 7.97. The topological polar surface area (TPSA) is 81.3 Å². The zero-order valence-electron chi connectivity index (χ0n) is 17.8. The monoisotopic (exact) mass is 455 g/mol. The molecule has 1 aliphatic carbocycles. The molecular weight excluding hydrogens is 434 g/mol. The maximum atomic E-state index is 13.5. The molecule has 1 aliphatic rings. The van der Waals surface area contributed by atoms with Crippen LogP contribution in [0.25, 0.3) is 27.3 Å². The molecule has 0 unspecified atom stereocenters. The molecule has 0 saturated carbocycles. The highest BCUT2D eigenvalue weighted by Crippen LogP contribution is 2.37. The second-order valence-electron chi connectivity index (χ2n) is 8.21. The van der Waals surface area contributed by atoms with Crippen molar-refractivity contribution in [3.63, 3.8) is 0 Å². The van der Waals surface area contributed by atoms with Gasteiger partial charge in [0, 0.05) is 16.1 Å². The van der Waals surface area contributed by atoms with Crippen molar-refractivity contribution in [2.24, 2.45) is 0 Å². The summed E-state index contributed by atoms with van der Waals surface area (Å²) in [5.74, 6) is 0.259. The molecule has 0 radical (unpaired) electrons. The number of aryl methyl sites for hydroxylation is 2. The number of anilines is 1. The van der Waals surface area contributed by atoms with E-state index in [1.54, 1.807) is 15.9 Å². The highest BCUT2D eigenvalue weighted by molar-refractivity contribution is 7.19. The minimum atomic E-state index is -0.353. The van der Waals surface area contributed by atoms with Gasteiger partial charge in [-0.2, -0.15) is 4.52 Å². The summed E-state index contributed by atoms with van der Waals surface area (Å²) in [7, 11) is 0. The Morgan fingerprint density at radius 1 is 1.00 bits per heavy atom. The van der Waals surface area contributed by atoms with Crippen molar-refractivity contribution in [1.29, 1.82) is 0 Å². The summed E-state index contributed by atoms with van der Waals surface area (Å²) in [4.78, 5) is 33.3. The van der Waals surface area contributed by atoms with Gasteiger partial charge < -0.3 is 5.32 Å². The van der Waals surface area contributed by atoms with E-state index in [1.165, 1.54) is 15.0 Å². The minimum absolute atomic E-state index is 0.0832.